The second-order valence-corrected chi connectivity index (χ2v) is 5.24. The Morgan fingerprint density at radius 3 is 2.18 bits per heavy atom. The molecule has 0 spiro atoms. The van der Waals surface area contributed by atoms with E-state index in [0.717, 1.165) is 25.7 Å². The van der Waals surface area contributed by atoms with E-state index in [0.29, 0.717) is 0 Å². The Labute approximate surface area is 106 Å². The summed E-state index contributed by atoms with van der Waals surface area (Å²) in [5.74, 6) is -0.618. The highest BCUT2D eigenvalue weighted by atomic mass is 16.4. The van der Waals surface area contributed by atoms with E-state index in [4.69, 9.17) is 5.11 Å². The van der Waals surface area contributed by atoms with Gasteiger partial charge in [0.15, 0.2) is 0 Å². The molecule has 17 heavy (non-hydrogen) atoms. The predicted octanol–water partition coefficient (Wildman–Crippen LogP) is 3.44. The molecule has 0 atom stereocenters. The van der Waals surface area contributed by atoms with Gasteiger partial charge in [0.1, 0.15) is 0 Å². The minimum absolute atomic E-state index is 0.405. The Morgan fingerprint density at radius 2 is 1.82 bits per heavy atom. The molecule has 0 aromatic heterocycles. The van der Waals surface area contributed by atoms with Gasteiger partial charge in [-0.3, -0.25) is 4.79 Å². The number of carboxylic acids is 1. The van der Waals surface area contributed by atoms with Gasteiger partial charge >= 0.3 is 5.97 Å². The third kappa shape index (κ3) is 7.37. The van der Waals surface area contributed by atoms with Crippen LogP contribution < -0.4 is 5.32 Å². The van der Waals surface area contributed by atoms with Crippen molar-refractivity contribution in [3.63, 3.8) is 0 Å². The summed E-state index contributed by atoms with van der Waals surface area (Å²) in [6.07, 6.45) is 9.12. The predicted molar refractivity (Wildman–Crippen MR) is 72.3 cm³/mol. The van der Waals surface area contributed by atoms with E-state index in [-0.39, 0.29) is 0 Å². The van der Waals surface area contributed by atoms with E-state index in [1.165, 1.54) is 32.2 Å². The minimum atomic E-state index is -0.618. The molecule has 2 N–H and O–H groups in total. The van der Waals surface area contributed by atoms with Crippen LogP contribution in [0.2, 0.25) is 0 Å². The fraction of sp³-hybridized carbons (Fsp3) is 0.929. The highest BCUT2D eigenvalue weighted by molar-refractivity contribution is 5.74. The first-order valence-corrected chi connectivity index (χ1v) is 6.95. The first kappa shape index (κ1) is 16.4. The molecule has 0 unspecified atom stereocenters. The van der Waals surface area contributed by atoms with E-state index in [1.807, 2.05) is 14.0 Å². The lowest BCUT2D eigenvalue weighted by Gasteiger charge is -2.28. The van der Waals surface area contributed by atoms with E-state index in [2.05, 4.69) is 12.2 Å². The summed E-state index contributed by atoms with van der Waals surface area (Å²) in [7, 11) is 2.00. The summed E-state index contributed by atoms with van der Waals surface area (Å²) in [5, 5.41) is 11.9. The van der Waals surface area contributed by atoms with Gasteiger partial charge in [0, 0.05) is 0 Å². The maximum atomic E-state index is 10.7. The Morgan fingerprint density at radius 1 is 1.24 bits per heavy atom. The van der Waals surface area contributed by atoms with Crippen LogP contribution in [0.5, 0.6) is 0 Å². The van der Waals surface area contributed by atoms with Gasteiger partial charge in [0.05, 0.1) is 5.41 Å². The van der Waals surface area contributed by atoms with Crippen LogP contribution in [-0.4, -0.2) is 24.7 Å². The van der Waals surface area contributed by atoms with Gasteiger partial charge < -0.3 is 10.4 Å². The molecule has 3 nitrogen and oxygen atoms in total. The van der Waals surface area contributed by atoms with Crippen LogP contribution in [0.1, 0.15) is 65.2 Å². The van der Waals surface area contributed by atoms with Crippen molar-refractivity contribution in [2.75, 3.05) is 13.6 Å². The van der Waals surface area contributed by atoms with Crippen molar-refractivity contribution in [3.8, 4) is 0 Å². The number of rotatable bonds is 5. The Kier molecular flexibility index (Phi) is 9.14. The molecular formula is C14H29NO2. The average molecular weight is 243 g/mol. The molecule has 0 heterocycles. The Balaban J connectivity index is 0.000000325. The molecule has 3 heteroatoms. The quantitative estimate of drug-likeness (QED) is 0.727. The van der Waals surface area contributed by atoms with Crippen molar-refractivity contribution in [1.29, 1.82) is 0 Å². The largest absolute Gasteiger partial charge is 0.481 e. The molecule has 1 aliphatic carbocycles. The van der Waals surface area contributed by atoms with Crippen molar-refractivity contribution < 1.29 is 9.90 Å². The third-order valence-electron chi connectivity index (χ3n) is 3.50. The van der Waals surface area contributed by atoms with Gasteiger partial charge in [-0.05, 0) is 39.8 Å². The fourth-order valence-corrected chi connectivity index (χ4v) is 2.10. The van der Waals surface area contributed by atoms with Crippen molar-refractivity contribution in [3.05, 3.63) is 0 Å². The average Bonchev–Trinajstić information content (AvgIpc) is 2.31. The number of unbranched alkanes of at least 4 members (excludes halogenated alkanes) is 2. The number of hydrogen-bond acceptors (Lipinski definition) is 2. The van der Waals surface area contributed by atoms with Crippen molar-refractivity contribution in [2.24, 2.45) is 5.41 Å². The van der Waals surface area contributed by atoms with E-state index in [9.17, 15) is 4.79 Å². The molecule has 1 saturated carbocycles. The summed E-state index contributed by atoms with van der Waals surface area (Å²) in [4.78, 5) is 10.7. The minimum Gasteiger partial charge on any atom is -0.481 e. The van der Waals surface area contributed by atoms with Crippen LogP contribution in [-0.2, 0) is 4.79 Å². The zero-order chi connectivity index (χ0) is 13.1. The summed E-state index contributed by atoms with van der Waals surface area (Å²) < 4.78 is 0. The van der Waals surface area contributed by atoms with E-state index in [1.54, 1.807) is 0 Å². The molecule has 0 amide bonds. The summed E-state index contributed by atoms with van der Waals surface area (Å²) in [6.45, 7) is 5.25. The summed E-state index contributed by atoms with van der Waals surface area (Å²) >= 11 is 0. The Bertz CT molecular complexity index is 194. The van der Waals surface area contributed by atoms with Gasteiger partial charge in [-0.1, -0.05) is 39.0 Å². The normalized spacial score (nSPS) is 18.1. The fourth-order valence-electron chi connectivity index (χ4n) is 2.10. The van der Waals surface area contributed by atoms with Crippen molar-refractivity contribution in [1.82, 2.24) is 5.32 Å². The molecule has 0 saturated heterocycles. The highest BCUT2D eigenvalue weighted by Crippen LogP contribution is 2.35. The summed E-state index contributed by atoms with van der Waals surface area (Å²) in [5.41, 5.74) is -0.405. The maximum Gasteiger partial charge on any atom is 0.309 e. The molecule has 0 bridgehead atoms. The standard InChI is InChI=1S/C8H14O2.C6H15N/c1-8(7(9)10)5-3-2-4-6-8;1-3-4-5-6-7-2/h2-6H2,1H3,(H,9,10);7H,3-6H2,1-2H3. The van der Waals surface area contributed by atoms with Crippen LogP contribution in [0.25, 0.3) is 0 Å². The second kappa shape index (κ2) is 9.46. The van der Waals surface area contributed by atoms with Gasteiger partial charge in [-0.15, -0.1) is 0 Å². The number of carbonyl (C=O) groups is 1. The van der Waals surface area contributed by atoms with Crippen LogP contribution in [0.3, 0.4) is 0 Å². The maximum absolute atomic E-state index is 10.7. The van der Waals surface area contributed by atoms with Crippen molar-refractivity contribution >= 4 is 5.97 Å². The first-order chi connectivity index (χ1) is 8.06. The topological polar surface area (TPSA) is 49.3 Å². The van der Waals surface area contributed by atoms with Crippen LogP contribution >= 0.6 is 0 Å². The monoisotopic (exact) mass is 243 g/mol. The number of aliphatic carboxylic acids is 1. The zero-order valence-corrected chi connectivity index (χ0v) is 11.7. The molecular weight excluding hydrogens is 214 g/mol. The van der Waals surface area contributed by atoms with E-state index >= 15 is 0 Å². The lowest BCUT2D eigenvalue weighted by Crippen LogP contribution is -2.29. The highest BCUT2D eigenvalue weighted by Gasteiger charge is 2.33. The van der Waals surface area contributed by atoms with Crippen molar-refractivity contribution in [2.45, 2.75) is 65.2 Å². The summed E-state index contributed by atoms with van der Waals surface area (Å²) in [6, 6.07) is 0. The molecule has 1 fully saturated rings. The molecule has 1 aliphatic rings. The molecule has 0 aromatic carbocycles. The number of carboxylic acid groups (broad SMARTS) is 1. The number of nitrogens with one attached hydrogen (secondary N) is 1. The van der Waals surface area contributed by atoms with Gasteiger partial charge in [0.2, 0.25) is 0 Å². The lowest BCUT2D eigenvalue weighted by atomic mass is 9.76. The molecule has 0 radical (unpaired) electrons. The van der Waals surface area contributed by atoms with Gasteiger partial charge in [0.25, 0.3) is 0 Å². The van der Waals surface area contributed by atoms with Gasteiger partial charge in [-0.25, -0.2) is 0 Å². The van der Waals surface area contributed by atoms with Crippen LogP contribution in [0.4, 0.5) is 0 Å². The zero-order valence-electron chi connectivity index (χ0n) is 11.7. The molecule has 1 rings (SSSR count). The smallest absolute Gasteiger partial charge is 0.309 e. The molecule has 0 aliphatic heterocycles. The molecule has 102 valence electrons. The first-order valence-electron chi connectivity index (χ1n) is 6.95. The Hall–Kier alpha value is -0.570. The van der Waals surface area contributed by atoms with E-state index < -0.39 is 11.4 Å². The van der Waals surface area contributed by atoms with Crippen LogP contribution in [0.15, 0.2) is 0 Å². The number of hydrogen-bond donors (Lipinski definition) is 2. The van der Waals surface area contributed by atoms with Gasteiger partial charge in [-0.2, -0.15) is 0 Å². The lowest BCUT2D eigenvalue weighted by molar-refractivity contribution is -0.149. The SMILES string of the molecule is CC1(C(=O)O)CCCCC1.CCCCCNC. The third-order valence-corrected chi connectivity index (χ3v) is 3.50. The van der Waals surface area contributed by atoms with Crippen LogP contribution in [0, 0.1) is 5.41 Å². The molecule has 0 aromatic rings. The second-order valence-electron chi connectivity index (χ2n) is 5.24.